The molecule has 0 saturated heterocycles. The average molecular weight is 390 g/mol. The SMILES string of the molecule is Cc1ccc([N+](=O)[O-])cc1NCc1cc(Br)c(Br)o1. The summed E-state index contributed by atoms with van der Waals surface area (Å²) in [6.45, 7) is 2.34. The molecule has 0 aliphatic carbocycles. The lowest BCUT2D eigenvalue weighted by atomic mass is 10.2. The highest BCUT2D eigenvalue weighted by molar-refractivity contribution is 9.13. The summed E-state index contributed by atoms with van der Waals surface area (Å²) in [6, 6.07) is 6.56. The van der Waals surface area contributed by atoms with Gasteiger partial charge >= 0.3 is 0 Å². The Morgan fingerprint density at radius 3 is 2.68 bits per heavy atom. The zero-order chi connectivity index (χ0) is 14.0. The Hall–Kier alpha value is -1.34. The van der Waals surface area contributed by atoms with Crippen LogP contribution in [0.1, 0.15) is 11.3 Å². The zero-order valence-electron chi connectivity index (χ0n) is 9.94. The first-order chi connectivity index (χ1) is 8.97. The van der Waals surface area contributed by atoms with Crippen molar-refractivity contribution < 1.29 is 9.34 Å². The molecule has 0 saturated carbocycles. The van der Waals surface area contributed by atoms with Crippen molar-refractivity contribution in [1.82, 2.24) is 0 Å². The van der Waals surface area contributed by atoms with Gasteiger partial charge in [0.15, 0.2) is 4.67 Å². The highest BCUT2D eigenvalue weighted by atomic mass is 79.9. The number of halogens is 2. The van der Waals surface area contributed by atoms with Gasteiger partial charge in [-0.05, 0) is 50.4 Å². The molecular formula is C12H10Br2N2O3. The van der Waals surface area contributed by atoms with Gasteiger partial charge in [-0.2, -0.15) is 0 Å². The predicted octanol–water partition coefficient (Wildman–Crippen LogP) is 4.63. The summed E-state index contributed by atoms with van der Waals surface area (Å²) < 4.78 is 6.89. The van der Waals surface area contributed by atoms with E-state index in [0.29, 0.717) is 11.2 Å². The van der Waals surface area contributed by atoms with Crippen LogP contribution in [0.3, 0.4) is 0 Å². The van der Waals surface area contributed by atoms with Gasteiger partial charge in [0.2, 0.25) is 0 Å². The number of furan rings is 1. The lowest BCUT2D eigenvalue weighted by Crippen LogP contribution is -2.01. The number of nitrogens with zero attached hydrogens (tertiary/aromatic N) is 1. The van der Waals surface area contributed by atoms with E-state index in [-0.39, 0.29) is 5.69 Å². The molecule has 0 fully saturated rings. The number of nitro groups is 1. The Kier molecular flexibility index (Phi) is 4.26. The second kappa shape index (κ2) is 5.75. The van der Waals surface area contributed by atoms with Crippen LogP contribution in [0.25, 0.3) is 0 Å². The molecule has 7 heteroatoms. The molecule has 0 spiro atoms. The number of hydrogen-bond donors (Lipinski definition) is 1. The van der Waals surface area contributed by atoms with E-state index in [9.17, 15) is 10.1 Å². The Bertz CT molecular complexity index is 606. The summed E-state index contributed by atoms with van der Waals surface area (Å²) in [7, 11) is 0. The second-order valence-electron chi connectivity index (χ2n) is 3.94. The van der Waals surface area contributed by atoms with Crippen LogP contribution in [0.4, 0.5) is 11.4 Å². The highest BCUT2D eigenvalue weighted by Crippen LogP contribution is 2.28. The van der Waals surface area contributed by atoms with Gasteiger partial charge in [-0.3, -0.25) is 10.1 Å². The summed E-state index contributed by atoms with van der Waals surface area (Å²) in [5.41, 5.74) is 1.73. The number of nitro benzene ring substituents is 1. The largest absolute Gasteiger partial charge is 0.451 e. The van der Waals surface area contributed by atoms with Crippen molar-refractivity contribution in [2.24, 2.45) is 0 Å². The van der Waals surface area contributed by atoms with Gasteiger partial charge in [-0.1, -0.05) is 6.07 Å². The van der Waals surface area contributed by atoms with Crippen LogP contribution >= 0.6 is 31.9 Å². The van der Waals surface area contributed by atoms with Crippen molar-refractivity contribution in [2.45, 2.75) is 13.5 Å². The number of anilines is 1. The monoisotopic (exact) mass is 388 g/mol. The van der Waals surface area contributed by atoms with E-state index in [1.54, 1.807) is 6.07 Å². The lowest BCUT2D eigenvalue weighted by molar-refractivity contribution is -0.384. The summed E-state index contributed by atoms with van der Waals surface area (Å²) >= 11 is 6.59. The molecule has 1 heterocycles. The van der Waals surface area contributed by atoms with Gasteiger partial charge in [0.25, 0.3) is 5.69 Å². The van der Waals surface area contributed by atoms with Crippen LogP contribution < -0.4 is 5.32 Å². The fourth-order valence-electron chi connectivity index (χ4n) is 1.57. The molecule has 0 unspecified atom stereocenters. The van der Waals surface area contributed by atoms with Crippen molar-refractivity contribution >= 4 is 43.2 Å². The zero-order valence-corrected chi connectivity index (χ0v) is 13.1. The molecule has 0 amide bonds. The van der Waals surface area contributed by atoms with Crippen LogP contribution in [0, 0.1) is 17.0 Å². The molecule has 2 rings (SSSR count). The number of rotatable bonds is 4. The molecular weight excluding hydrogens is 380 g/mol. The Balaban J connectivity index is 2.14. The molecule has 1 aromatic carbocycles. The molecule has 5 nitrogen and oxygen atoms in total. The van der Waals surface area contributed by atoms with Crippen LogP contribution in [0.5, 0.6) is 0 Å². The van der Waals surface area contributed by atoms with Crippen LogP contribution in [-0.2, 0) is 6.54 Å². The summed E-state index contributed by atoms with van der Waals surface area (Å²) in [6.07, 6.45) is 0. The van der Waals surface area contributed by atoms with Gasteiger partial charge in [0.05, 0.1) is 15.9 Å². The van der Waals surface area contributed by atoms with E-state index in [1.165, 1.54) is 12.1 Å². The molecule has 1 N–H and O–H groups in total. The second-order valence-corrected chi connectivity index (χ2v) is 5.52. The normalized spacial score (nSPS) is 10.5. The fraction of sp³-hybridized carbons (Fsp3) is 0.167. The maximum Gasteiger partial charge on any atom is 0.271 e. The minimum absolute atomic E-state index is 0.0647. The molecule has 19 heavy (non-hydrogen) atoms. The topological polar surface area (TPSA) is 68.3 Å². The number of nitrogens with one attached hydrogen (secondary N) is 1. The smallest absolute Gasteiger partial charge is 0.271 e. The first-order valence-corrected chi connectivity index (χ1v) is 6.98. The van der Waals surface area contributed by atoms with Crippen molar-refractivity contribution in [2.75, 3.05) is 5.32 Å². The number of benzene rings is 1. The number of aryl methyl sites for hydroxylation is 1. The van der Waals surface area contributed by atoms with E-state index < -0.39 is 4.92 Å². The molecule has 0 atom stereocenters. The third kappa shape index (κ3) is 3.36. The summed E-state index contributed by atoms with van der Waals surface area (Å²) in [5, 5.41) is 13.9. The van der Waals surface area contributed by atoms with Gasteiger partial charge in [0.1, 0.15) is 5.76 Å². The van der Waals surface area contributed by atoms with Crippen LogP contribution in [-0.4, -0.2) is 4.92 Å². The van der Waals surface area contributed by atoms with Crippen molar-refractivity contribution in [3.8, 4) is 0 Å². The average Bonchev–Trinajstić information content (AvgIpc) is 2.67. The van der Waals surface area contributed by atoms with Gasteiger partial charge in [-0.25, -0.2) is 0 Å². The molecule has 0 aliphatic heterocycles. The van der Waals surface area contributed by atoms with Crippen LogP contribution in [0.15, 0.2) is 37.8 Å². The van der Waals surface area contributed by atoms with E-state index in [4.69, 9.17) is 4.42 Å². The minimum atomic E-state index is -0.412. The van der Waals surface area contributed by atoms with Gasteiger partial charge in [0, 0.05) is 17.8 Å². The molecule has 2 aromatic rings. The molecule has 0 bridgehead atoms. The maximum atomic E-state index is 10.7. The Morgan fingerprint density at radius 2 is 2.11 bits per heavy atom. The van der Waals surface area contributed by atoms with E-state index in [2.05, 4.69) is 37.2 Å². The molecule has 0 radical (unpaired) electrons. The maximum absolute atomic E-state index is 10.7. The molecule has 1 aromatic heterocycles. The Morgan fingerprint density at radius 1 is 1.37 bits per heavy atom. The highest BCUT2D eigenvalue weighted by Gasteiger charge is 2.10. The third-order valence-corrected chi connectivity index (χ3v) is 4.29. The molecule has 0 aliphatic rings. The summed E-state index contributed by atoms with van der Waals surface area (Å²) in [5.74, 6) is 0.727. The Labute approximate surface area is 126 Å². The first-order valence-electron chi connectivity index (χ1n) is 5.40. The quantitative estimate of drug-likeness (QED) is 0.611. The fourth-order valence-corrected chi connectivity index (χ4v) is 2.23. The van der Waals surface area contributed by atoms with Crippen LogP contribution in [0.2, 0.25) is 0 Å². The molecule has 100 valence electrons. The van der Waals surface area contributed by atoms with E-state index in [1.807, 2.05) is 13.0 Å². The number of non-ortho nitro benzene ring substituents is 1. The minimum Gasteiger partial charge on any atom is -0.451 e. The van der Waals surface area contributed by atoms with E-state index >= 15 is 0 Å². The standard InChI is InChI=1S/C12H10Br2N2O3/c1-7-2-3-8(16(17)18)4-11(7)15-6-9-5-10(13)12(14)19-9/h2-5,15H,6H2,1H3. The van der Waals surface area contributed by atoms with Gasteiger partial charge in [-0.15, -0.1) is 0 Å². The third-order valence-electron chi connectivity index (χ3n) is 2.58. The van der Waals surface area contributed by atoms with Crippen molar-refractivity contribution in [3.63, 3.8) is 0 Å². The van der Waals surface area contributed by atoms with Crippen molar-refractivity contribution in [1.29, 1.82) is 0 Å². The lowest BCUT2D eigenvalue weighted by Gasteiger charge is -2.07. The number of hydrogen-bond acceptors (Lipinski definition) is 4. The van der Waals surface area contributed by atoms with Gasteiger partial charge < -0.3 is 9.73 Å². The summed E-state index contributed by atoms with van der Waals surface area (Å²) in [4.78, 5) is 10.3. The van der Waals surface area contributed by atoms with E-state index in [0.717, 1.165) is 21.5 Å². The predicted molar refractivity (Wildman–Crippen MR) is 79.3 cm³/mol. The first kappa shape index (κ1) is 14.1. The van der Waals surface area contributed by atoms with Crippen molar-refractivity contribution in [3.05, 3.63) is 54.8 Å².